The van der Waals surface area contributed by atoms with Gasteiger partial charge in [-0.1, -0.05) is 0 Å². The number of ether oxygens (including phenoxy) is 1. The molecule has 0 radical (unpaired) electrons. The van der Waals surface area contributed by atoms with Crippen molar-refractivity contribution in [2.24, 2.45) is 0 Å². The molecule has 0 atom stereocenters. The molecule has 1 fully saturated rings. The van der Waals surface area contributed by atoms with Gasteiger partial charge in [-0.05, 0) is 45.4 Å². The molecule has 2 aliphatic heterocycles. The zero-order valence-electron chi connectivity index (χ0n) is 18.4. The standard InChI is InChI=1S/C23H27N5O3/c1-14-15(5-6-17-16(14)12-24-25-17)21(30)27-9-7-23(8-10-27)11-18(29)20-19(31-23)13-28(26-20)22(2,3)4/h5-6,12-13H,7-11H2,1-4H3,(H,24,25). The molecule has 0 aliphatic carbocycles. The number of amides is 1. The van der Waals surface area contributed by atoms with Crippen molar-refractivity contribution >= 4 is 22.6 Å². The Labute approximate surface area is 180 Å². The summed E-state index contributed by atoms with van der Waals surface area (Å²) >= 11 is 0. The highest BCUT2D eigenvalue weighted by atomic mass is 16.5. The van der Waals surface area contributed by atoms with Crippen molar-refractivity contribution in [1.82, 2.24) is 24.9 Å². The monoisotopic (exact) mass is 421 g/mol. The van der Waals surface area contributed by atoms with Crippen molar-refractivity contribution in [3.63, 3.8) is 0 Å². The Morgan fingerprint density at radius 2 is 1.97 bits per heavy atom. The molecule has 5 rings (SSSR count). The van der Waals surface area contributed by atoms with Crippen LogP contribution in [0.5, 0.6) is 5.75 Å². The minimum absolute atomic E-state index is 0.0128. The normalized spacial score (nSPS) is 18.3. The molecule has 0 unspecified atom stereocenters. The van der Waals surface area contributed by atoms with E-state index >= 15 is 0 Å². The summed E-state index contributed by atoms with van der Waals surface area (Å²) in [5, 5.41) is 12.4. The maximum Gasteiger partial charge on any atom is 0.254 e. The first kappa shape index (κ1) is 19.8. The molecule has 2 aromatic heterocycles. The van der Waals surface area contributed by atoms with Gasteiger partial charge in [0.05, 0.1) is 29.9 Å². The van der Waals surface area contributed by atoms with Crippen molar-refractivity contribution in [3.05, 3.63) is 41.3 Å². The van der Waals surface area contributed by atoms with Gasteiger partial charge in [0.15, 0.2) is 17.2 Å². The van der Waals surface area contributed by atoms with Crippen LogP contribution in [0, 0.1) is 6.92 Å². The molecule has 1 saturated heterocycles. The molecule has 1 aromatic carbocycles. The number of nitrogens with zero attached hydrogens (tertiary/aromatic N) is 4. The van der Waals surface area contributed by atoms with Crippen LogP contribution in [0.25, 0.3) is 10.9 Å². The number of piperidine rings is 1. The van der Waals surface area contributed by atoms with Crippen LogP contribution in [0.2, 0.25) is 0 Å². The van der Waals surface area contributed by atoms with E-state index in [1.54, 1.807) is 10.9 Å². The van der Waals surface area contributed by atoms with Crippen molar-refractivity contribution in [3.8, 4) is 5.75 Å². The third-order valence-electron chi connectivity index (χ3n) is 6.53. The number of benzene rings is 1. The summed E-state index contributed by atoms with van der Waals surface area (Å²) in [4.78, 5) is 27.9. The zero-order chi connectivity index (χ0) is 22.0. The van der Waals surface area contributed by atoms with Crippen LogP contribution < -0.4 is 4.74 Å². The van der Waals surface area contributed by atoms with E-state index in [1.807, 2.05) is 50.9 Å². The van der Waals surface area contributed by atoms with Crippen LogP contribution in [0.15, 0.2) is 24.5 Å². The number of aromatic amines is 1. The molecular formula is C23H27N5O3. The molecule has 3 aromatic rings. The highest BCUT2D eigenvalue weighted by Gasteiger charge is 2.45. The van der Waals surface area contributed by atoms with E-state index in [2.05, 4.69) is 15.3 Å². The van der Waals surface area contributed by atoms with Gasteiger partial charge in [0.25, 0.3) is 5.91 Å². The second-order valence-corrected chi connectivity index (χ2v) is 9.70. The number of carbonyl (C=O) groups excluding carboxylic acids is 2. The van der Waals surface area contributed by atoms with Gasteiger partial charge < -0.3 is 9.64 Å². The molecule has 1 amide bonds. The first-order valence-electron chi connectivity index (χ1n) is 10.7. The number of H-pyrrole nitrogens is 1. The first-order valence-corrected chi connectivity index (χ1v) is 10.7. The highest BCUT2D eigenvalue weighted by Crippen LogP contribution is 2.40. The summed E-state index contributed by atoms with van der Waals surface area (Å²) in [7, 11) is 0. The summed E-state index contributed by atoms with van der Waals surface area (Å²) in [6.45, 7) is 9.18. The van der Waals surface area contributed by atoms with Crippen molar-refractivity contribution in [2.75, 3.05) is 13.1 Å². The molecule has 0 bridgehead atoms. The third kappa shape index (κ3) is 3.21. The number of aryl methyl sites for hydroxylation is 1. The van der Waals surface area contributed by atoms with Gasteiger partial charge in [0, 0.05) is 36.9 Å². The molecule has 8 nitrogen and oxygen atoms in total. The van der Waals surface area contributed by atoms with Crippen LogP contribution in [-0.2, 0) is 5.54 Å². The number of ketones is 1. The van der Waals surface area contributed by atoms with Crippen molar-refractivity contribution in [2.45, 2.75) is 58.1 Å². The third-order valence-corrected chi connectivity index (χ3v) is 6.53. The summed E-state index contributed by atoms with van der Waals surface area (Å²) in [5.41, 5.74) is 2.18. The summed E-state index contributed by atoms with van der Waals surface area (Å²) in [6, 6.07) is 3.75. The highest BCUT2D eigenvalue weighted by molar-refractivity contribution is 6.01. The van der Waals surface area contributed by atoms with Gasteiger partial charge in [-0.25, -0.2) is 0 Å². The molecule has 0 saturated carbocycles. The number of aromatic nitrogens is 4. The maximum absolute atomic E-state index is 13.2. The van der Waals surface area contributed by atoms with E-state index in [4.69, 9.17) is 4.74 Å². The molecule has 31 heavy (non-hydrogen) atoms. The number of Topliss-reactive ketones (excluding diaryl/α,β-unsaturated/α-hetero) is 1. The van der Waals surface area contributed by atoms with E-state index in [1.165, 1.54) is 0 Å². The lowest BCUT2D eigenvalue weighted by Crippen LogP contribution is -2.52. The number of hydrogen-bond acceptors (Lipinski definition) is 5. The average Bonchev–Trinajstić information content (AvgIpc) is 3.35. The number of nitrogens with one attached hydrogen (secondary N) is 1. The smallest absolute Gasteiger partial charge is 0.254 e. The Hall–Kier alpha value is -3.16. The number of hydrogen-bond donors (Lipinski definition) is 1. The van der Waals surface area contributed by atoms with Crippen LogP contribution in [-0.4, -0.2) is 55.3 Å². The predicted octanol–water partition coefficient (Wildman–Crippen LogP) is 3.46. The Morgan fingerprint density at radius 1 is 1.23 bits per heavy atom. The minimum atomic E-state index is -0.559. The van der Waals surface area contributed by atoms with Crippen LogP contribution in [0.4, 0.5) is 0 Å². The zero-order valence-corrected chi connectivity index (χ0v) is 18.4. The lowest BCUT2D eigenvalue weighted by molar-refractivity contribution is -0.00587. The molecular weight excluding hydrogens is 394 g/mol. The molecule has 1 N–H and O–H groups in total. The summed E-state index contributed by atoms with van der Waals surface area (Å²) in [5.74, 6) is 0.594. The first-order chi connectivity index (χ1) is 14.7. The van der Waals surface area contributed by atoms with Gasteiger partial charge >= 0.3 is 0 Å². The number of likely N-dealkylation sites (tertiary alicyclic amines) is 1. The fraction of sp³-hybridized carbons (Fsp3) is 0.478. The van der Waals surface area contributed by atoms with Gasteiger partial charge in [0.1, 0.15) is 5.60 Å². The summed E-state index contributed by atoms with van der Waals surface area (Å²) < 4.78 is 8.15. The van der Waals surface area contributed by atoms with E-state index in [9.17, 15) is 9.59 Å². The fourth-order valence-corrected chi connectivity index (χ4v) is 4.57. The predicted molar refractivity (Wildman–Crippen MR) is 115 cm³/mol. The van der Waals surface area contributed by atoms with Gasteiger partial charge in [-0.15, -0.1) is 0 Å². The second-order valence-electron chi connectivity index (χ2n) is 9.70. The number of rotatable bonds is 1. The van der Waals surface area contributed by atoms with Crippen molar-refractivity contribution in [1.29, 1.82) is 0 Å². The quantitative estimate of drug-likeness (QED) is 0.649. The number of fused-ring (bicyclic) bond motifs is 2. The fourth-order valence-electron chi connectivity index (χ4n) is 4.57. The average molecular weight is 422 g/mol. The maximum atomic E-state index is 13.2. The molecule has 2 aliphatic rings. The van der Waals surface area contributed by atoms with Gasteiger partial charge in [-0.3, -0.25) is 19.4 Å². The lowest BCUT2D eigenvalue weighted by atomic mass is 9.83. The van der Waals surface area contributed by atoms with E-state index in [-0.39, 0.29) is 17.2 Å². The Morgan fingerprint density at radius 3 is 2.68 bits per heavy atom. The van der Waals surface area contributed by atoms with Crippen LogP contribution in [0.1, 0.15) is 66.4 Å². The SMILES string of the molecule is Cc1c(C(=O)N2CCC3(CC2)CC(=O)c2nn(C(C)(C)C)cc2O3)ccc2[nH]ncc12. The number of carbonyl (C=O) groups is 2. The van der Waals surface area contributed by atoms with Crippen LogP contribution >= 0.6 is 0 Å². The Kier molecular flexibility index (Phi) is 4.26. The van der Waals surface area contributed by atoms with Gasteiger partial charge in [-0.2, -0.15) is 10.2 Å². The minimum Gasteiger partial charge on any atom is -0.483 e. The Balaban J connectivity index is 1.34. The molecule has 1 spiro atoms. The van der Waals surface area contributed by atoms with E-state index < -0.39 is 5.60 Å². The largest absolute Gasteiger partial charge is 0.483 e. The van der Waals surface area contributed by atoms with E-state index in [0.29, 0.717) is 49.4 Å². The van der Waals surface area contributed by atoms with Crippen LogP contribution in [0.3, 0.4) is 0 Å². The topological polar surface area (TPSA) is 93.1 Å². The van der Waals surface area contributed by atoms with E-state index in [0.717, 1.165) is 16.5 Å². The summed E-state index contributed by atoms with van der Waals surface area (Å²) in [6.07, 6.45) is 5.14. The molecule has 8 heteroatoms. The second kappa shape index (κ2) is 6.67. The lowest BCUT2D eigenvalue weighted by Gasteiger charge is -2.43. The van der Waals surface area contributed by atoms with Gasteiger partial charge in [0.2, 0.25) is 0 Å². The Bertz CT molecular complexity index is 1190. The van der Waals surface area contributed by atoms with Crippen molar-refractivity contribution < 1.29 is 14.3 Å². The molecule has 162 valence electrons. The molecule has 4 heterocycles.